The van der Waals surface area contributed by atoms with Crippen LogP contribution in [0, 0.1) is 11.8 Å². The number of hydrogen-bond donors (Lipinski definition) is 1. The molecule has 28 heavy (non-hydrogen) atoms. The van der Waals surface area contributed by atoms with E-state index in [0.29, 0.717) is 37.6 Å². The largest absolute Gasteiger partial charge is 0.340 e. The standard InChI is InChI=1S/C20H29N3O3S.ClH/c21-14-17-5-2-6-19(17)20(24)22-9-11-23(12-10-22)27(25,26)18-8-7-15-3-1-4-16(15)13-18;/h7-8,13,17,19H,1-6,9-12,14,21H2;1H/t17-,19-;/m1./s1. The predicted molar refractivity (Wildman–Crippen MR) is 111 cm³/mol. The predicted octanol–water partition coefficient (Wildman–Crippen LogP) is 1.80. The minimum absolute atomic E-state index is 0. The van der Waals surface area contributed by atoms with Crippen LogP contribution in [0.15, 0.2) is 23.1 Å². The van der Waals surface area contributed by atoms with Crippen molar-refractivity contribution in [2.45, 2.75) is 43.4 Å². The summed E-state index contributed by atoms with van der Waals surface area (Å²) in [6, 6.07) is 5.54. The quantitative estimate of drug-likeness (QED) is 0.794. The molecule has 2 atom stereocenters. The van der Waals surface area contributed by atoms with Crippen LogP contribution in [0.3, 0.4) is 0 Å². The third-order valence-corrected chi connectivity index (χ3v) is 8.43. The summed E-state index contributed by atoms with van der Waals surface area (Å²) in [6.07, 6.45) is 6.11. The second kappa shape index (κ2) is 8.69. The average Bonchev–Trinajstić information content (AvgIpc) is 3.35. The van der Waals surface area contributed by atoms with Crippen molar-refractivity contribution in [2.24, 2.45) is 17.6 Å². The fourth-order valence-corrected chi connectivity index (χ4v) is 6.36. The number of nitrogens with two attached hydrogens (primary N) is 1. The molecule has 6 nitrogen and oxygen atoms in total. The van der Waals surface area contributed by atoms with Gasteiger partial charge in [-0.05, 0) is 67.8 Å². The second-order valence-electron chi connectivity index (χ2n) is 8.05. The van der Waals surface area contributed by atoms with Crippen molar-refractivity contribution >= 4 is 28.3 Å². The van der Waals surface area contributed by atoms with Gasteiger partial charge in [-0.3, -0.25) is 4.79 Å². The van der Waals surface area contributed by atoms with Gasteiger partial charge in [-0.2, -0.15) is 4.31 Å². The van der Waals surface area contributed by atoms with Crippen molar-refractivity contribution in [2.75, 3.05) is 32.7 Å². The molecule has 2 aliphatic carbocycles. The highest BCUT2D eigenvalue weighted by atomic mass is 35.5. The molecule has 0 aromatic heterocycles. The van der Waals surface area contributed by atoms with Crippen LogP contribution in [0.25, 0.3) is 0 Å². The molecule has 8 heteroatoms. The normalized spacial score (nSPS) is 25.4. The van der Waals surface area contributed by atoms with E-state index in [1.165, 1.54) is 15.4 Å². The first-order valence-corrected chi connectivity index (χ1v) is 11.6. The maximum Gasteiger partial charge on any atom is 0.243 e. The Bertz CT molecular complexity index is 822. The number of nitrogens with zero attached hydrogens (tertiary/aromatic N) is 2. The summed E-state index contributed by atoms with van der Waals surface area (Å²) in [5.41, 5.74) is 8.25. The zero-order valence-corrected chi connectivity index (χ0v) is 17.8. The zero-order valence-electron chi connectivity index (χ0n) is 16.2. The molecule has 0 bridgehead atoms. The highest BCUT2D eigenvalue weighted by molar-refractivity contribution is 7.89. The lowest BCUT2D eigenvalue weighted by Gasteiger charge is -2.36. The topological polar surface area (TPSA) is 83.7 Å². The number of sulfonamides is 1. The Morgan fingerprint density at radius 3 is 2.46 bits per heavy atom. The van der Waals surface area contributed by atoms with E-state index in [0.717, 1.165) is 38.5 Å². The maximum absolute atomic E-state index is 13.0. The van der Waals surface area contributed by atoms with Crippen LogP contribution in [0.1, 0.15) is 36.8 Å². The monoisotopic (exact) mass is 427 g/mol. The molecule has 1 saturated heterocycles. The number of carbonyl (C=O) groups is 1. The molecule has 1 aromatic carbocycles. The minimum atomic E-state index is -3.49. The Morgan fingerprint density at radius 1 is 1.04 bits per heavy atom. The van der Waals surface area contributed by atoms with Gasteiger partial charge in [-0.25, -0.2) is 8.42 Å². The average molecular weight is 428 g/mol. The number of benzene rings is 1. The van der Waals surface area contributed by atoms with Gasteiger partial charge in [0.1, 0.15) is 0 Å². The third kappa shape index (κ3) is 3.95. The van der Waals surface area contributed by atoms with Crippen LogP contribution in [0.4, 0.5) is 0 Å². The van der Waals surface area contributed by atoms with Gasteiger partial charge in [0.2, 0.25) is 15.9 Å². The lowest BCUT2D eigenvalue weighted by molar-refractivity contribution is -0.137. The number of carbonyl (C=O) groups excluding carboxylic acids is 1. The van der Waals surface area contributed by atoms with Crippen LogP contribution in [-0.2, 0) is 27.7 Å². The Hall–Kier alpha value is -1.15. The molecule has 156 valence electrons. The summed E-state index contributed by atoms with van der Waals surface area (Å²) in [6.45, 7) is 2.23. The van der Waals surface area contributed by atoms with Gasteiger partial charge in [0, 0.05) is 32.1 Å². The summed E-state index contributed by atoms with van der Waals surface area (Å²) in [5, 5.41) is 0. The van der Waals surface area contributed by atoms with Gasteiger partial charge in [-0.1, -0.05) is 12.5 Å². The fraction of sp³-hybridized carbons (Fsp3) is 0.650. The van der Waals surface area contributed by atoms with Crippen LogP contribution < -0.4 is 5.73 Å². The summed E-state index contributed by atoms with van der Waals surface area (Å²) in [5.74, 6) is 0.470. The highest BCUT2D eigenvalue weighted by Crippen LogP contribution is 2.33. The van der Waals surface area contributed by atoms with Crippen LogP contribution in [0.2, 0.25) is 0 Å². The van der Waals surface area contributed by atoms with E-state index >= 15 is 0 Å². The molecule has 1 saturated carbocycles. The number of amides is 1. The van der Waals surface area contributed by atoms with Gasteiger partial charge in [0.05, 0.1) is 4.90 Å². The lowest BCUT2D eigenvalue weighted by Crippen LogP contribution is -2.52. The maximum atomic E-state index is 13.0. The van der Waals surface area contributed by atoms with Crippen molar-refractivity contribution in [1.29, 1.82) is 0 Å². The van der Waals surface area contributed by atoms with Crippen LogP contribution in [-0.4, -0.2) is 56.3 Å². The molecule has 0 unspecified atom stereocenters. The van der Waals surface area contributed by atoms with Crippen LogP contribution >= 0.6 is 12.4 Å². The van der Waals surface area contributed by atoms with Gasteiger partial charge in [0.25, 0.3) is 0 Å². The number of aryl methyl sites for hydroxylation is 2. The first-order valence-electron chi connectivity index (χ1n) is 10.1. The molecular weight excluding hydrogens is 398 g/mol. The van der Waals surface area contributed by atoms with E-state index in [2.05, 4.69) is 0 Å². The number of halogens is 1. The number of rotatable bonds is 4. The molecule has 1 aromatic rings. The summed E-state index contributed by atoms with van der Waals surface area (Å²) < 4.78 is 27.6. The van der Waals surface area contributed by atoms with E-state index in [-0.39, 0.29) is 30.2 Å². The van der Waals surface area contributed by atoms with Crippen molar-refractivity contribution in [3.63, 3.8) is 0 Å². The molecule has 0 radical (unpaired) electrons. The van der Waals surface area contributed by atoms with Crippen molar-refractivity contribution in [1.82, 2.24) is 9.21 Å². The van der Waals surface area contributed by atoms with Gasteiger partial charge >= 0.3 is 0 Å². The Balaban J connectivity index is 0.00000225. The molecule has 1 heterocycles. The van der Waals surface area contributed by atoms with Gasteiger partial charge in [-0.15, -0.1) is 12.4 Å². The van der Waals surface area contributed by atoms with E-state index in [1.807, 2.05) is 17.0 Å². The number of hydrogen-bond acceptors (Lipinski definition) is 4. The summed E-state index contributed by atoms with van der Waals surface area (Å²) in [4.78, 5) is 15.1. The number of fused-ring (bicyclic) bond motifs is 1. The molecule has 0 spiro atoms. The van der Waals surface area contributed by atoms with Gasteiger partial charge in [0.15, 0.2) is 0 Å². The minimum Gasteiger partial charge on any atom is -0.340 e. The second-order valence-corrected chi connectivity index (χ2v) is 9.98. The zero-order chi connectivity index (χ0) is 19.0. The molecule has 4 rings (SSSR count). The molecule has 2 N–H and O–H groups in total. The molecule has 3 aliphatic rings. The highest BCUT2D eigenvalue weighted by Gasteiger charge is 2.37. The van der Waals surface area contributed by atoms with E-state index in [1.54, 1.807) is 6.07 Å². The fourth-order valence-electron chi connectivity index (χ4n) is 4.89. The first-order chi connectivity index (χ1) is 13.0. The third-order valence-electron chi connectivity index (χ3n) is 6.54. The van der Waals surface area contributed by atoms with Crippen molar-refractivity contribution in [3.8, 4) is 0 Å². The van der Waals surface area contributed by atoms with Crippen LogP contribution in [0.5, 0.6) is 0 Å². The Labute approximate surface area is 173 Å². The van der Waals surface area contributed by atoms with Gasteiger partial charge < -0.3 is 10.6 Å². The smallest absolute Gasteiger partial charge is 0.243 e. The lowest BCUT2D eigenvalue weighted by atomic mass is 9.94. The molecular formula is C20H30ClN3O3S. The van der Waals surface area contributed by atoms with Crippen molar-refractivity contribution in [3.05, 3.63) is 29.3 Å². The summed E-state index contributed by atoms with van der Waals surface area (Å²) in [7, 11) is -3.49. The Morgan fingerprint density at radius 2 is 1.75 bits per heavy atom. The summed E-state index contributed by atoms with van der Waals surface area (Å²) >= 11 is 0. The SMILES string of the molecule is Cl.NC[C@H]1CCC[C@H]1C(=O)N1CCN(S(=O)(=O)c2ccc3c(c2)CCC3)CC1. The Kier molecular flexibility index (Phi) is 6.69. The van der Waals surface area contributed by atoms with E-state index in [9.17, 15) is 13.2 Å². The van der Waals surface area contributed by atoms with Crippen molar-refractivity contribution < 1.29 is 13.2 Å². The number of piperazine rings is 1. The molecule has 2 fully saturated rings. The molecule has 1 aliphatic heterocycles. The molecule has 1 amide bonds. The first kappa shape index (κ1) is 21.6. The van der Waals surface area contributed by atoms with E-state index < -0.39 is 10.0 Å². The van der Waals surface area contributed by atoms with E-state index in [4.69, 9.17) is 5.73 Å².